The number of aliphatic imine (C=N–C) groups is 1. The molecule has 1 aliphatic rings. The molecule has 3 aromatic rings. The topological polar surface area (TPSA) is 48.7 Å². The Morgan fingerprint density at radius 2 is 1.70 bits per heavy atom. The molecule has 2 heterocycles. The van der Waals surface area contributed by atoms with Gasteiger partial charge in [-0.25, -0.2) is 4.98 Å². The fourth-order valence-electron chi connectivity index (χ4n) is 3.97. The molecule has 1 aliphatic heterocycles. The SMILES string of the molecule is CN=C(NCc1nccn1Cc1ccccc1)N1CCN(C/C=C/c2ccccc2)CC1.I. The number of guanidine groups is 1. The summed E-state index contributed by atoms with van der Waals surface area (Å²) in [6.45, 7) is 6.46. The maximum atomic E-state index is 4.55. The van der Waals surface area contributed by atoms with Gasteiger partial charge in [0.15, 0.2) is 5.96 Å². The first-order chi connectivity index (χ1) is 15.8. The number of nitrogens with one attached hydrogen (secondary N) is 1. The van der Waals surface area contributed by atoms with Crippen molar-refractivity contribution in [2.75, 3.05) is 39.8 Å². The van der Waals surface area contributed by atoms with E-state index in [0.717, 1.165) is 51.1 Å². The molecule has 0 aliphatic carbocycles. The second kappa shape index (κ2) is 13.2. The molecular formula is C26H33IN6. The Bertz CT molecular complexity index is 1010. The molecule has 0 spiro atoms. The zero-order valence-corrected chi connectivity index (χ0v) is 21.5. The lowest BCUT2D eigenvalue weighted by molar-refractivity contribution is 0.194. The molecule has 6 nitrogen and oxygen atoms in total. The minimum Gasteiger partial charge on any atom is -0.349 e. The number of hydrogen-bond donors (Lipinski definition) is 1. The van der Waals surface area contributed by atoms with Crippen LogP contribution in [-0.4, -0.2) is 65.1 Å². The Morgan fingerprint density at radius 1 is 1.00 bits per heavy atom. The van der Waals surface area contributed by atoms with Crippen LogP contribution in [0.15, 0.2) is 84.1 Å². The predicted molar refractivity (Wildman–Crippen MR) is 147 cm³/mol. The Balaban J connectivity index is 0.00000306. The number of nitrogens with zero attached hydrogens (tertiary/aromatic N) is 5. The van der Waals surface area contributed by atoms with Crippen LogP contribution < -0.4 is 5.32 Å². The molecule has 33 heavy (non-hydrogen) atoms. The van der Waals surface area contributed by atoms with Gasteiger partial charge in [-0.05, 0) is 11.1 Å². The number of hydrogen-bond acceptors (Lipinski definition) is 3. The van der Waals surface area contributed by atoms with Crippen LogP contribution in [-0.2, 0) is 13.1 Å². The molecular weight excluding hydrogens is 523 g/mol. The normalized spacial score (nSPS) is 14.9. The summed E-state index contributed by atoms with van der Waals surface area (Å²) in [6, 6.07) is 20.9. The van der Waals surface area contributed by atoms with E-state index in [1.54, 1.807) is 0 Å². The van der Waals surface area contributed by atoms with Crippen molar-refractivity contribution in [2.24, 2.45) is 4.99 Å². The van der Waals surface area contributed by atoms with Gasteiger partial charge in [-0.2, -0.15) is 0 Å². The van der Waals surface area contributed by atoms with Crippen molar-refractivity contribution in [1.82, 2.24) is 24.7 Å². The highest BCUT2D eigenvalue weighted by Gasteiger charge is 2.19. The van der Waals surface area contributed by atoms with Gasteiger partial charge in [-0.1, -0.05) is 72.8 Å². The van der Waals surface area contributed by atoms with Crippen molar-refractivity contribution in [3.05, 3.63) is 96.1 Å². The highest BCUT2D eigenvalue weighted by atomic mass is 127. The molecule has 1 fully saturated rings. The molecule has 0 bridgehead atoms. The minimum atomic E-state index is 0. The molecule has 0 unspecified atom stereocenters. The molecule has 1 N–H and O–H groups in total. The van der Waals surface area contributed by atoms with Gasteiger partial charge in [0.1, 0.15) is 5.82 Å². The van der Waals surface area contributed by atoms with Crippen molar-refractivity contribution < 1.29 is 0 Å². The van der Waals surface area contributed by atoms with Crippen molar-refractivity contribution >= 4 is 36.0 Å². The number of rotatable bonds is 7. The summed E-state index contributed by atoms with van der Waals surface area (Å²) in [6.07, 6.45) is 8.36. The third kappa shape index (κ3) is 7.43. The summed E-state index contributed by atoms with van der Waals surface area (Å²) < 4.78 is 2.19. The van der Waals surface area contributed by atoms with Crippen molar-refractivity contribution in [1.29, 1.82) is 0 Å². The van der Waals surface area contributed by atoms with Crippen LogP contribution in [0.4, 0.5) is 0 Å². The van der Waals surface area contributed by atoms with Crippen LogP contribution in [0.25, 0.3) is 6.08 Å². The van der Waals surface area contributed by atoms with Gasteiger partial charge in [-0.3, -0.25) is 9.89 Å². The van der Waals surface area contributed by atoms with Crippen LogP contribution in [0.3, 0.4) is 0 Å². The molecule has 0 amide bonds. The zero-order valence-electron chi connectivity index (χ0n) is 19.2. The van der Waals surface area contributed by atoms with Crippen molar-refractivity contribution in [3.63, 3.8) is 0 Å². The van der Waals surface area contributed by atoms with E-state index in [2.05, 4.69) is 90.3 Å². The summed E-state index contributed by atoms with van der Waals surface area (Å²) in [4.78, 5) is 13.9. The highest BCUT2D eigenvalue weighted by molar-refractivity contribution is 14.0. The number of imidazole rings is 1. The van der Waals surface area contributed by atoms with E-state index >= 15 is 0 Å². The van der Waals surface area contributed by atoms with Gasteiger partial charge in [0.05, 0.1) is 6.54 Å². The third-order valence-electron chi connectivity index (χ3n) is 5.76. The quantitative estimate of drug-likeness (QED) is 0.272. The first-order valence-corrected chi connectivity index (χ1v) is 11.3. The Morgan fingerprint density at radius 3 is 2.39 bits per heavy atom. The fourth-order valence-corrected chi connectivity index (χ4v) is 3.97. The molecule has 2 aromatic carbocycles. The van der Waals surface area contributed by atoms with E-state index < -0.39 is 0 Å². The molecule has 1 saturated heterocycles. The van der Waals surface area contributed by atoms with E-state index in [4.69, 9.17) is 0 Å². The van der Waals surface area contributed by atoms with E-state index in [1.807, 2.05) is 31.6 Å². The van der Waals surface area contributed by atoms with Gasteiger partial charge < -0.3 is 14.8 Å². The van der Waals surface area contributed by atoms with Crippen molar-refractivity contribution in [3.8, 4) is 0 Å². The van der Waals surface area contributed by atoms with E-state index in [9.17, 15) is 0 Å². The maximum absolute atomic E-state index is 4.55. The molecule has 1 aromatic heterocycles. The summed E-state index contributed by atoms with van der Waals surface area (Å²) in [5, 5.41) is 3.51. The van der Waals surface area contributed by atoms with Crippen molar-refractivity contribution in [2.45, 2.75) is 13.1 Å². The average Bonchev–Trinajstić information content (AvgIpc) is 3.28. The largest absolute Gasteiger partial charge is 0.349 e. The Labute approximate surface area is 214 Å². The third-order valence-corrected chi connectivity index (χ3v) is 5.76. The highest BCUT2D eigenvalue weighted by Crippen LogP contribution is 2.07. The standard InChI is InChI=1S/C26H32N6.HI/c1-27-26(29-21-25-28-14-16-32(25)22-24-11-6-3-7-12-24)31-19-17-30(18-20-31)15-8-13-23-9-4-2-5-10-23;/h2-14,16H,15,17-22H2,1H3,(H,27,29);1H/b13-8+;. The van der Waals surface area contributed by atoms with Gasteiger partial charge in [0.2, 0.25) is 0 Å². The molecule has 174 valence electrons. The number of benzene rings is 2. The Kier molecular flexibility index (Phi) is 9.96. The first-order valence-electron chi connectivity index (χ1n) is 11.3. The summed E-state index contributed by atoms with van der Waals surface area (Å²) in [7, 11) is 1.85. The average molecular weight is 556 g/mol. The molecule has 0 saturated carbocycles. The first kappa shape index (κ1) is 25.0. The van der Waals surface area contributed by atoms with Crippen LogP contribution in [0.5, 0.6) is 0 Å². The molecule has 0 radical (unpaired) electrons. The van der Waals surface area contributed by atoms with E-state index in [-0.39, 0.29) is 24.0 Å². The summed E-state index contributed by atoms with van der Waals surface area (Å²) >= 11 is 0. The minimum absolute atomic E-state index is 0. The van der Waals surface area contributed by atoms with Crippen LogP contribution >= 0.6 is 24.0 Å². The van der Waals surface area contributed by atoms with Gasteiger partial charge in [-0.15, -0.1) is 24.0 Å². The van der Waals surface area contributed by atoms with E-state index in [0.29, 0.717) is 6.54 Å². The second-order valence-electron chi connectivity index (χ2n) is 7.96. The van der Waals surface area contributed by atoms with Gasteiger partial charge in [0, 0.05) is 58.7 Å². The lowest BCUT2D eigenvalue weighted by Gasteiger charge is -2.36. The maximum Gasteiger partial charge on any atom is 0.194 e. The van der Waals surface area contributed by atoms with Gasteiger partial charge >= 0.3 is 0 Å². The second-order valence-corrected chi connectivity index (χ2v) is 7.96. The molecule has 0 atom stereocenters. The molecule has 4 rings (SSSR count). The monoisotopic (exact) mass is 556 g/mol. The van der Waals surface area contributed by atoms with Crippen LogP contribution in [0.1, 0.15) is 17.0 Å². The smallest absolute Gasteiger partial charge is 0.194 e. The number of aromatic nitrogens is 2. The van der Waals surface area contributed by atoms with Crippen LogP contribution in [0.2, 0.25) is 0 Å². The summed E-state index contributed by atoms with van der Waals surface area (Å²) in [5.41, 5.74) is 2.52. The van der Waals surface area contributed by atoms with Crippen LogP contribution in [0, 0.1) is 0 Å². The lowest BCUT2D eigenvalue weighted by atomic mass is 10.2. The number of piperazine rings is 1. The van der Waals surface area contributed by atoms with Gasteiger partial charge in [0.25, 0.3) is 0 Å². The predicted octanol–water partition coefficient (Wildman–Crippen LogP) is 3.96. The number of halogens is 1. The molecule has 7 heteroatoms. The fraction of sp³-hybridized carbons (Fsp3) is 0.308. The Hall–Kier alpha value is -2.65. The summed E-state index contributed by atoms with van der Waals surface area (Å²) in [5.74, 6) is 1.96. The zero-order chi connectivity index (χ0) is 22.0. The van der Waals surface area contributed by atoms with E-state index in [1.165, 1.54) is 11.1 Å². The lowest BCUT2D eigenvalue weighted by Crippen LogP contribution is -2.52.